The zero-order valence-corrected chi connectivity index (χ0v) is 20.1. The first-order chi connectivity index (χ1) is 13.7. The van der Waals surface area contributed by atoms with Crippen molar-refractivity contribution in [2.75, 3.05) is 4.90 Å². The van der Waals surface area contributed by atoms with Crippen LogP contribution in [0, 0.1) is 0 Å². The number of hydrogen-bond donors (Lipinski definition) is 0. The summed E-state index contributed by atoms with van der Waals surface area (Å²) >= 11 is 7.28. The van der Waals surface area contributed by atoms with Gasteiger partial charge in [0, 0.05) is 10.2 Å². The smallest absolute Gasteiger partial charge is 0.260 e. The van der Waals surface area contributed by atoms with Crippen LogP contribution in [0.15, 0.2) is 59.3 Å². The Kier molecular flexibility index (Phi) is 6.40. The van der Waals surface area contributed by atoms with E-state index in [0.717, 1.165) is 27.0 Å². The summed E-state index contributed by atoms with van der Waals surface area (Å²) in [6, 6.07) is 18.2. The molecule has 29 heavy (non-hydrogen) atoms. The topological polar surface area (TPSA) is 20.3 Å². The van der Waals surface area contributed by atoms with Crippen molar-refractivity contribution >= 4 is 36.8 Å². The predicted octanol–water partition coefficient (Wildman–Crippen LogP) is 7.40. The van der Waals surface area contributed by atoms with E-state index in [1.807, 2.05) is 41.3 Å². The molecule has 0 N–H and O–H groups in total. The van der Waals surface area contributed by atoms with E-state index in [1.54, 1.807) is 0 Å². The second kappa shape index (κ2) is 8.49. The van der Waals surface area contributed by atoms with Gasteiger partial charge in [-0.15, -0.1) is 0 Å². The lowest BCUT2D eigenvalue weighted by Crippen LogP contribution is -2.46. The van der Waals surface area contributed by atoms with Crippen LogP contribution in [-0.2, 0) is 11.3 Å². The fourth-order valence-corrected chi connectivity index (χ4v) is 13.7. The Bertz CT molecular complexity index is 896. The van der Waals surface area contributed by atoms with Gasteiger partial charge < -0.3 is 4.90 Å². The Hall–Kier alpha value is -1.84. The molecule has 0 aliphatic carbocycles. The number of rotatable bonds is 6. The minimum absolute atomic E-state index is 0.0406. The molecule has 0 fully saturated rings. The number of hydrogen-bond acceptors (Lipinski definition) is 1. The van der Waals surface area contributed by atoms with Gasteiger partial charge in [0.05, 0.1) is 17.8 Å². The van der Waals surface area contributed by atoms with E-state index < -0.39 is 8.07 Å². The standard InChI is InChI=1S/C25H32ClNOSi/c1-17(2)29(18(3)4,19(5)6)24(26)23-21-14-10-11-15-22(21)27(25(23)28)16-20-12-8-7-9-13-20/h7-15,17-19H,16H2,1-6H3/b24-23-. The van der Waals surface area contributed by atoms with E-state index in [-0.39, 0.29) is 5.91 Å². The Morgan fingerprint density at radius 3 is 1.93 bits per heavy atom. The van der Waals surface area contributed by atoms with Gasteiger partial charge >= 0.3 is 0 Å². The molecule has 2 aromatic rings. The number of anilines is 1. The summed E-state index contributed by atoms with van der Waals surface area (Å²) in [5.41, 5.74) is 5.15. The van der Waals surface area contributed by atoms with Crippen molar-refractivity contribution in [1.82, 2.24) is 0 Å². The van der Waals surface area contributed by atoms with Gasteiger partial charge in [-0.05, 0) is 28.3 Å². The van der Waals surface area contributed by atoms with Crippen molar-refractivity contribution in [1.29, 1.82) is 0 Å². The van der Waals surface area contributed by atoms with E-state index >= 15 is 0 Å². The second-order valence-electron chi connectivity index (χ2n) is 8.98. The average molecular weight is 426 g/mol. The van der Waals surface area contributed by atoms with Gasteiger partial charge in [-0.3, -0.25) is 4.79 Å². The number of carbonyl (C=O) groups is 1. The third kappa shape index (κ3) is 3.60. The number of carbonyl (C=O) groups excluding carboxylic acids is 1. The first-order valence-electron chi connectivity index (χ1n) is 10.6. The molecule has 0 saturated carbocycles. The Balaban J connectivity index is 2.20. The molecule has 1 aliphatic heterocycles. The van der Waals surface area contributed by atoms with Crippen LogP contribution < -0.4 is 4.90 Å². The van der Waals surface area contributed by atoms with Crippen molar-refractivity contribution in [2.24, 2.45) is 0 Å². The molecule has 0 saturated heterocycles. The molecular weight excluding hydrogens is 394 g/mol. The van der Waals surface area contributed by atoms with Crippen LogP contribution in [0.25, 0.3) is 5.57 Å². The number of nitrogens with zero attached hydrogens (tertiary/aromatic N) is 1. The molecule has 0 bridgehead atoms. The zero-order chi connectivity index (χ0) is 21.3. The number of para-hydroxylation sites is 1. The summed E-state index contributed by atoms with van der Waals surface area (Å²) in [4.78, 5) is 15.6. The fourth-order valence-electron chi connectivity index (χ4n) is 5.39. The molecule has 2 nitrogen and oxygen atoms in total. The first kappa shape index (κ1) is 21.9. The zero-order valence-electron chi connectivity index (χ0n) is 18.4. The molecule has 0 spiro atoms. The summed E-state index contributed by atoms with van der Waals surface area (Å²) in [7, 11) is -2.13. The van der Waals surface area contributed by atoms with Crippen molar-refractivity contribution in [3.63, 3.8) is 0 Å². The normalized spacial score (nSPS) is 16.2. The van der Waals surface area contributed by atoms with Gasteiger partial charge in [-0.2, -0.15) is 0 Å². The molecule has 1 amide bonds. The van der Waals surface area contributed by atoms with Gasteiger partial charge in [0.2, 0.25) is 0 Å². The van der Waals surface area contributed by atoms with E-state index in [4.69, 9.17) is 11.6 Å². The molecule has 0 unspecified atom stereocenters. The SMILES string of the molecule is CC(C)[Si](/C(Cl)=C1\C(=O)N(Cc2ccccc2)c2ccccc21)(C(C)C)C(C)C. The van der Waals surface area contributed by atoms with E-state index in [0.29, 0.717) is 23.2 Å². The van der Waals surface area contributed by atoms with Gasteiger partial charge in [-0.1, -0.05) is 102 Å². The fraction of sp³-hybridized carbons (Fsp3) is 0.400. The minimum atomic E-state index is -2.13. The molecule has 2 aromatic carbocycles. The summed E-state index contributed by atoms with van der Waals surface area (Å²) < 4.78 is 0.852. The Labute approximate surface area is 181 Å². The molecule has 1 heterocycles. The van der Waals surface area contributed by atoms with Crippen LogP contribution in [0.4, 0.5) is 5.69 Å². The average Bonchev–Trinajstić information content (AvgIpc) is 2.94. The van der Waals surface area contributed by atoms with Crippen LogP contribution in [0.5, 0.6) is 0 Å². The van der Waals surface area contributed by atoms with Crippen molar-refractivity contribution in [2.45, 2.75) is 64.7 Å². The third-order valence-corrected chi connectivity index (χ3v) is 14.5. The molecule has 154 valence electrons. The number of fused-ring (bicyclic) bond motifs is 1. The maximum atomic E-state index is 13.7. The Morgan fingerprint density at radius 2 is 1.38 bits per heavy atom. The molecule has 0 atom stereocenters. The third-order valence-electron chi connectivity index (χ3n) is 6.57. The van der Waals surface area contributed by atoms with Crippen LogP contribution >= 0.6 is 11.6 Å². The molecule has 1 aliphatic rings. The van der Waals surface area contributed by atoms with E-state index in [9.17, 15) is 4.79 Å². The van der Waals surface area contributed by atoms with Crippen molar-refractivity contribution < 1.29 is 4.79 Å². The quantitative estimate of drug-likeness (QED) is 0.348. The van der Waals surface area contributed by atoms with E-state index in [2.05, 4.69) is 59.7 Å². The summed E-state index contributed by atoms with van der Waals surface area (Å²) in [6.45, 7) is 14.2. The largest absolute Gasteiger partial charge is 0.303 e. The van der Waals surface area contributed by atoms with Gasteiger partial charge in [-0.25, -0.2) is 0 Å². The highest BCUT2D eigenvalue weighted by molar-refractivity contribution is 6.98. The van der Waals surface area contributed by atoms with Crippen LogP contribution in [0.1, 0.15) is 52.7 Å². The molecule has 0 radical (unpaired) electrons. The summed E-state index contributed by atoms with van der Waals surface area (Å²) in [5, 5.41) is 0. The highest BCUT2D eigenvalue weighted by Gasteiger charge is 2.49. The highest BCUT2D eigenvalue weighted by atomic mass is 35.5. The molecule has 4 heteroatoms. The van der Waals surface area contributed by atoms with Crippen LogP contribution in [-0.4, -0.2) is 14.0 Å². The van der Waals surface area contributed by atoms with Gasteiger partial charge in [0.25, 0.3) is 5.91 Å². The van der Waals surface area contributed by atoms with Crippen LogP contribution in [0.3, 0.4) is 0 Å². The number of halogens is 1. The van der Waals surface area contributed by atoms with Crippen molar-refractivity contribution in [3.8, 4) is 0 Å². The van der Waals surface area contributed by atoms with E-state index in [1.165, 1.54) is 0 Å². The lowest BCUT2D eigenvalue weighted by Gasteiger charge is -2.43. The summed E-state index contributed by atoms with van der Waals surface area (Å²) in [6.07, 6.45) is 0. The van der Waals surface area contributed by atoms with Crippen molar-refractivity contribution in [3.05, 3.63) is 70.4 Å². The lowest BCUT2D eigenvalue weighted by atomic mass is 10.1. The lowest BCUT2D eigenvalue weighted by molar-refractivity contribution is -0.113. The predicted molar refractivity (Wildman–Crippen MR) is 128 cm³/mol. The molecule has 0 aromatic heterocycles. The molecular formula is C25H32ClNOSi. The first-order valence-corrected chi connectivity index (χ1v) is 13.2. The Morgan fingerprint density at radius 1 is 0.862 bits per heavy atom. The maximum Gasteiger partial charge on any atom is 0.260 e. The van der Waals surface area contributed by atoms with Gasteiger partial charge in [0.15, 0.2) is 0 Å². The second-order valence-corrected chi connectivity index (χ2v) is 15.5. The van der Waals surface area contributed by atoms with Crippen LogP contribution in [0.2, 0.25) is 16.6 Å². The van der Waals surface area contributed by atoms with Gasteiger partial charge in [0.1, 0.15) is 8.07 Å². The monoisotopic (exact) mass is 425 g/mol. The number of benzene rings is 2. The highest BCUT2D eigenvalue weighted by Crippen LogP contribution is 2.52. The molecule has 3 rings (SSSR count). The summed E-state index contributed by atoms with van der Waals surface area (Å²) in [5.74, 6) is 0.0406. The maximum absolute atomic E-state index is 13.7. The number of amides is 1. The minimum Gasteiger partial charge on any atom is -0.303 e.